The number of aliphatic hydroxyl groups excluding tert-OH is 2. The molecule has 0 aliphatic carbocycles. The third kappa shape index (κ3) is 2.90. The van der Waals surface area contributed by atoms with Crippen LogP contribution in [0.4, 0.5) is 5.82 Å². The minimum atomic E-state index is -0.783. The van der Waals surface area contributed by atoms with Crippen molar-refractivity contribution < 1.29 is 14.9 Å². The number of rotatable bonds is 3. The number of aliphatic hydroxyl groups is 2. The Hall–Kier alpha value is -1.77. The molecule has 2 aliphatic rings. The molecule has 22 heavy (non-hydrogen) atoms. The highest BCUT2D eigenvalue weighted by Crippen LogP contribution is 2.27. The minimum Gasteiger partial charge on any atom is -0.394 e. The van der Waals surface area contributed by atoms with Crippen LogP contribution in [-0.4, -0.2) is 62.9 Å². The van der Waals surface area contributed by atoms with Crippen molar-refractivity contribution in [3.05, 3.63) is 22.7 Å². The molecular weight excluding hydrogens is 288 g/mol. The maximum Gasteiger partial charge on any atom is 0.351 e. The van der Waals surface area contributed by atoms with E-state index in [2.05, 4.69) is 14.9 Å². The summed E-state index contributed by atoms with van der Waals surface area (Å²) >= 11 is 0. The van der Waals surface area contributed by atoms with Gasteiger partial charge in [-0.15, -0.1) is 0 Å². The summed E-state index contributed by atoms with van der Waals surface area (Å²) in [5.41, 5.74) is -0.474. The lowest BCUT2D eigenvalue weighted by Gasteiger charge is -2.14. The SMILES string of the molecule is CN1CCCC1=Nc1ccn([C@H]2CC(O)[C@@H](CO)O2)c(=O)n1. The van der Waals surface area contributed by atoms with E-state index in [1.165, 1.54) is 4.57 Å². The molecule has 2 N–H and O–H groups in total. The summed E-state index contributed by atoms with van der Waals surface area (Å²) in [6, 6.07) is 1.66. The van der Waals surface area contributed by atoms with Crippen LogP contribution in [0.15, 0.2) is 22.1 Å². The first-order valence-corrected chi connectivity index (χ1v) is 7.41. The van der Waals surface area contributed by atoms with Crippen LogP contribution < -0.4 is 5.69 Å². The molecule has 1 aromatic rings. The molecule has 1 aromatic heterocycles. The highest BCUT2D eigenvalue weighted by atomic mass is 16.5. The van der Waals surface area contributed by atoms with Crippen LogP contribution in [-0.2, 0) is 4.74 Å². The lowest BCUT2D eigenvalue weighted by atomic mass is 10.2. The number of hydrogen-bond donors (Lipinski definition) is 2. The Labute approximate surface area is 127 Å². The number of ether oxygens (including phenoxy) is 1. The van der Waals surface area contributed by atoms with E-state index in [1.807, 2.05) is 7.05 Å². The molecule has 0 amide bonds. The average Bonchev–Trinajstić information content (AvgIpc) is 3.05. The second kappa shape index (κ2) is 6.15. The zero-order valence-electron chi connectivity index (χ0n) is 12.4. The Bertz CT molecular complexity index is 630. The molecule has 3 rings (SSSR count). The molecule has 0 spiro atoms. The van der Waals surface area contributed by atoms with Gasteiger partial charge in [0.05, 0.1) is 12.7 Å². The third-order valence-corrected chi connectivity index (χ3v) is 4.09. The molecule has 0 aromatic carbocycles. The van der Waals surface area contributed by atoms with E-state index in [1.54, 1.807) is 12.3 Å². The minimum absolute atomic E-state index is 0.253. The zero-order valence-corrected chi connectivity index (χ0v) is 12.4. The zero-order chi connectivity index (χ0) is 15.7. The second-order valence-corrected chi connectivity index (χ2v) is 5.64. The Morgan fingerprint density at radius 2 is 2.36 bits per heavy atom. The summed E-state index contributed by atoms with van der Waals surface area (Å²) in [6.45, 7) is 0.685. The molecule has 120 valence electrons. The van der Waals surface area contributed by atoms with Gasteiger partial charge in [0, 0.05) is 32.6 Å². The van der Waals surface area contributed by atoms with Gasteiger partial charge in [0.15, 0.2) is 5.82 Å². The Kier molecular flexibility index (Phi) is 4.23. The predicted molar refractivity (Wildman–Crippen MR) is 79.1 cm³/mol. The van der Waals surface area contributed by atoms with E-state index in [0.717, 1.165) is 25.2 Å². The number of likely N-dealkylation sites (tertiary alicyclic amines) is 1. The van der Waals surface area contributed by atoms with Gasteiger partial charge in [-0.05, 0) is 12.5 Å². The first-order valence-electron chi connectivity index (χ1n) is 7.41. The van der Waals surface area contributed by atoms with Crippen molar-refractivity contribution >= 4 is 11.7 Å². The number of aliphatic imine (C=N–C) groups is 1. The molecule has 8 nitrogen and oxygen atoms in total. The predicted octanol–water partition coefficient (Wildman–Crippen LogP) is -0.360. The highest BCUT2D eigenvalue weighted by Gasteiger charge is 2.34. The molecular formula is C14H20N4O4. The van der Waals surface area contributed by atoms with E-state index in [0.29, 0.717) is 5.82 Å². The molecule has 0 bridgehead atoms. The van der Waals surface area contributed by atoms with Gasteiger partial charge in [-0.25, -0.2) is 9.79 Å². The van der Waals surface area contributed by atoms with Crippen molar-refractivity contribution in [2.45, 2.75) is 37.7 Å². The van der Waals surface area contributed by atoms with Gasteiger partial charge in [0.1, 0.15) is 18.2 Å². The van der Waals surface area contributed by atoms with Gasteiger partial charge in [-0.2, -0.15) is 4.98 Å². The Morgan fingerprint density at radius 3 is 2.95 bits per heavy atom. The summed E-state index contributed by atoms with van der Waals surface area (Å²) in [4.78, 5) is 22.5. The normalized spacial score (nSPS) is 30.4. The smallest absolute Gasteiger partial charge is 0.351 e. The lowest BCUT2D eigenvalue weighted by molar-refractivity contribution is -0.0458. The van der Waals surface area contributed by atoms with E-state index in [-0.39, 0.29) is 13.0 Å². The van der Waals surface area contributed by atoms with Gasteiger partial charge in [-0.1, -0.05) is 0 Å². The largest absolute Gasteiger partial charge is 0.394 e. The fraction of sp³-hybridized carbons (Fsp3) is 0.643. The van der Waals surface area contributed by atoms with Crippen molar-refractivity contribution in [2.75, 3.05) is 20.2 Å². The molecule has 2 fully saturated rings. The molecule has 0 saturated carbocycles. The first kappa shape index (κ1) is 15.1. The maximum atomic E-state index is 12.1. The van der Waals surface area contributed by atoms with E-state index < -0.39 is 24.1 Å². The van der Waals surface area contributed by atoms with Gasteiger partial charge >= 0.3 is 5.69 Å². The fourth-order valence-electron chi connectivity index (χ4n) is 2.80. The van der Waals surface area contributed by atoms with Crippen molar-refractivity contribution in [3.8, 4) is 0 Å². The topological polar surface area (TPSA) is 100 Å². The number of aromatic nitrogens is 2. The van der Waals surface area contributed by atoms with Crippen LogP contribution in [0.2, 0.25) is 0 Å². The molecule has 2 saturated heterocycles. The summed E-state index contributed by atoms with van der Waals surface area (Å²) in [5, 5.41) is 18.8. The van der Waals surface area contributed by atoms with Crippen LogP contribution >= 0.6 is 0 Å². The molecule has 8 heteroatoms. The van der Waals surface area contributed by atoms with E-state index >= 15 is 0 Å². The van der Waals surface area contributed by atoms with Gasteiger partial charge < -0.3 is 19.8 Å². The summed E-state index contributed by atoms with van der Waals surface area (Å²) in [7, 11) is 1.97. The van der Waals surface area contributed by atoms with Crippen LogP contribution in [0.5, 0.6) is 0 Å². The van der Waals surface area contributed by atoms with Crippen molar-refractivity contribution in [1.82, 2.24) is 14.5 Å². The molecule has 3 atom stereocenters. The van der Waals surface area contributed by atoms with Gasteiger partial charge in [-0.3, -0.25) is 4.57 Å². The van der Waals surface area contributed by atoms with Crippen molar-refractivity contribution in [3.63, 3.8) is 0 Å². The highest BCUT2D eigenvalue weighted by molar-refractivity contribution is 5.85. The maximum absolute atomic E-state index is 12.1. The number of amidine groups is 1. The molecule has 0 radical (unpaired) electrons. The van der Waals surface area contributed by atoms with Gasteiger partial charge in [0.2, 0.25) is 0 Å². The molecule has 1 unspecified atom stereocenters. The quantitative estimate of drug-likeness (QED) is 0.791. The van der Waals surface area contributed by atoms with E-state index in [4.69, 9.17) is 9.84 Å². The summed E-state index contributed by atoms with van der Waals surface area (Å²) < 4.78 is 6.78. The van der Waals surface area contributed by atoms with Gasteiger partial charge in [0.25, 0.3) is 0 Å². The first-order chi connectivity index (χ1) is 10.6. The lowest BCUT2D eigenvalue weighted by Crippen LogP contribution is -2.27. The number of nitrogens with zero attached hydrogens (tertiary/aromatic N) is 4. The summed E-state index contributed by atoms with van der Waals surface area (Å²) in [5.74, 6) is 1.31. The van der Waals surface area contributed by atoms with Crippen LogP contribution in [0, 0.1) is 0 Å². The van der Waals surface area contributed by atoms with Crippen LogP contribution in [0.1, 0.15) is 25.5 Å². The summed E-state index contributed by atoms with van der Waals surface area (Å²) in [6.07, 6.45) is 1.71. The molecule has 3 heterocycles. The average molecular weight is 308 g/mol. The Morgan fingerprint density at radius 1 is 1.55 bits per heavy atom. The fourth-order valence-corrected chi connectivity index (χ4v) is 2.80. The van der Waals surface area contributed by atoms with Crippen LogP contribution in [0.25, 0.3) is 0 Å². The number of hydrogen-bond acceptors (Lipinski definition) is 6. The standard InChI is InChI=1S/C14H20N4O4/c1-17-5-2-3-12(17)15-11-4-6-18(14(21)16-11)13-7-9(20)10(8-19)22-13/h4,6,9-10,13,19-20H,2-3,5,7-8H2,1H3/t9?,10-,13-/m1/s1. The third-order valence-electron chi connectivity index (χ3n) is 4.09. The Balaban J connectivity index is 1.80. The second-order valence-electron chi connectivity index (χ2n) is 5.64. The molecule has 2 aliphatic heterocycles. The van der Waals surface area contributed by atoms with Crippen molar-refractivity contribution in [1.29, 1.82) is 0 Å². The van der Waals surface area contributed by atoms with Crippen molar-refractivity contribution in [2.24, 2.45) is 4.99 Å². The van der Waals surface area contributed by atoms with E-state index in [9.17, 15) is 9.90 Å². The van der Waals surface area contributed by atoms with Crippen LogP contribution in [0.3, 0.4) is 0 Å². The monoisotopic (exact) mass is 308 g/mol.